The molecule has 2 aromatic rings. The number of benzene rings is 2. The van der Waals surface area contributed by atoms with E-state index in [9.17, 15) is 4.79 Å². The topological polar surface area (TPSA) is 72.0 Å². The van der Waals surface area contributed by atoms with Gasteiger partial charge in [0.2, 0.25) is 0 Å². The summed E-state index contributed by atoms with van der Waals surface area (Å²) in [6.07, 6.45) is 1.52. The molecule has 0 aliphatic rings. The molecule has 2 rings (SSSR count). The number of aryl methyl sites for hydroxylation is 1. The molecular weight excluding hydrogens is 386 g/mol. The first kappa shape index (κ1) is 18.8. The van der Waals surface area contributed by atoms with E-state index in [2.05, 4.69) is 31.8 Å². The Labute approximate surface area is 155 Å². The number of hydrogen-bond acceptors (Lipinski definition) is 5. The number of hydrazone groups is 1. The number of para-hydroxylation sites is 1. The van der Waals surface area contributed by atoms with Gasteiger partial charge in [0.15, 0.2) is 0 Å². The predicted molar refractivity (Wildman–Crippen MR) is 103 cm³/mol. The molecule has 7 heteroatoms. The molecule has 1 amide bonds. The molecule has 0 bridgehead atoms. The zero-order valence-corrected chi connectivity index (χ0v) is 15.9. The van der Waals surface area contributed by atoms with Crippen LogP contribution in [-0.2, 0) is 4.79 Å². The van der Waals surface area contributed by atoms with Crippen molar-refractivity contribution in [3.8, 4) is 11.5 Å². The average molecular weight is 406 g/mol. The van der Waals surface area contributed by atoms with E-state index >= 15 is 0 Å². The Morgan fingerprint density at radius 3 is 2.60 bits per heavy atom. The molecule has 6 nitrogen and oxygen atoms in total. The van der Waals surface area contributed by atoms with Crippen LogP contribution in [0.2, 0.25) is 0 Å². The number of nitrogens with zero attached hydrogens (tertiary/aromatic N) is 1. The van der Waals surface area contributed by atoms with Crippen LogP contribution in [0, 0.1) is 6.92 Å². The van der Waals surface area contributed by atoms with E-state index in [0.717, 1.165) is 15.7 Å². The molecule has 0 aliphatic carbocycles. The number of nitrogens with one attached hydrogen (secondary N) is 2. The lowest BCUT2D eigenvalue weighted by atomic mass is 10.2. The van der Waals surface area contributed by atoms with Gasteiger partial charge in [-0.2, -0.15) is 5.10 Å². The number of methoxy groups -OCH3 is 2. The molecule has 0 atom stereocenters. The molecule has 0 saturated heterocycles. The molecule has 0 heterocycles. The largest absolute Gasteiger partial charge is 0.496 e. The van der Waals surface area contributed by atoms with Crippen LogP contribution in [0.3, 0.4) is 0 Å². The van der Waals surface area contributed by atoms with Crippen molar-refractivity contribution in [2.24, 2.45) is 5.10 Å². The summed E-state index contributed by atoms with van der Waals surface area (Å²) in [5.74, 6) is 1.00. The van der Waals surface area contributed by atoms with E-state index in [0.29, 0.717) is 17.1 Å². The van der Waals surface area contributed by atoms with Crippen LogP contribution >= 0.6 is 15.9 Å². The van der Waals surface area contributed by atoms with E-state index in [-0.39, 0.29) is 12.5 Å². The zero-order chi connectivity index (χ0) is 18.2. The SMILES string of the molecule is COc1cc(OC)c(/C=N/NC(=O)CNc2ccccc2C)cc1Br. The van der Waals surface area contributed by atoms with Crippen molar-refractivity contribution >= 4 is 33.7 Å². The maximum atomic E-state index is 11.9. The summed E-state index contributed by atoms with van der Waals surface area (Å²) < 4.78 is 11.3. The molecule has 2 N–H and O–H groups in total. The standard InChI is InChI=1S/C18H20BrN3O3/c1-12-6-4-5-7-15(12)20-11-18(23)22-21-10-13-8-14(19)17(25-3)9-16(13)24-2/h4-10,20H,11H2,1-3H3,(H,22,23)/b21-10+. The molecule has 0 radical (unpaired) electrons. The number of hydrogen-bond donors (Lipinski definition) is 2. The zero-order valence-electron chi connectivity index (χ0n) is 14.3. The van der Waals surface area contributed by atoms with Crippen molar-refractivity contribution in [3.63, 3.8) is 0 Å². The Morgan fingerprint density at radius 1 is 1.20 bits per heavy atom. The maximum absolute atomic E-state index is 11.9. The van der Waals surface area contributed by atoms with Gasteiger partial charge in [-0.3, -0.25) is 4.79 Å². The van der Waals surface area contributed by atoms with Crippen molar-refractivity contribution in [2.75, 3.05) is 26.1 Å². The first-order chi connectivity index (χ1) is 12.0. The summed E-state index contributed by atoms with van der Waals surface area (Å²) in [4.78, 5) is 11.9. The monoisotopic (exact) mass is 405 g/mol. The number of carbonyl (C=O) groups excluding carboxylic acids is 1. The van der Waals surface area contributed by atoms with Gasteiger partial charge in [-0.15, -0.1) is 0 Å². The van der Waals surface area contributed by atoms with E-state index < -0.39 is 0 Å². The number of rotatable bonds is 7. The van der Waals surface area contributed by atoms with Crippen molar-refractivity contribution < 1.29 is 14.3 Å². The third kappa shape index (κ3) is 5.22. The quantitative estimate of drug-likeness (QED) is 0.547. The summed E-state index contributed by atoms with van der Waals surface area (Å²) in [7, 11) is 3.14. The summed E-state index contributed by atoms with van der Waals surface area (Å²) in [6.45, 7) is 2.11. The van der Waals surface area contributed by atoms with Gasteiger partial charge in [-0.1, -0.05) is 18.2 Å². The van der Waals surface area contributed by atoms with Crippen LogP contribution in [0.15, 0.2) is 46.0 Å². The lowest BCUT2D eigenvalue weighted by molar-refractivity contribution is -0.119. The van der Waals surface area contributed by atoms with E-state index in [1.165, 1.54) is 6.21 Å². The van der Waals surface area contributed by atoms with Crippen molar-refractivity contribution in [1.82, 2.24) is 5.43 Å². The third-order valence-corrected chi connectivity index (χ3v) is 4.10. The van der Waals surface area contributed by atoms with Crippen molar-refractivity contribution in [1.29, 1.82) is 0 Å². The molecule has 2 aromatic carbocycles. The number of carbonyl (C=O) groups is 1. The normalized spacial score (nSPS) is 10.6. The van der Waals surface area contributed by atoms with Gasteiger partial charge in [-0.05, 0) is 40.5 Å². The Kier molecular flexibility index (Phi) is 6.82. The van der Waals surface area contributed by atoms with E-state index in [1.54, 1.807) is 26.4 Å². The Morgan fingerprint density at radius 2 is 1.92 bits per heavy atom. The second kappa shape index (κ2) is 9.08. The van der Waals surface area contributed by atoms with Gasteiger partial charge in [0.25, 0.3) is 5.91 Å². The fourth-order valence-electron chi connectivity index (χ4n) is 2.14. The smallest absolute Gasteiger partial charge is 0.259 e. The highest BCUT2D eigenvalue weighted by Gasteiger charge is 2.08. The number of amides is 1. The molecule has 0 saturated carbocycles. The lowest BCUT2D eigenvalue weighted by Crippen LogP contribution is -2.26. The maximum Gasteiger partial charge on any atom is 0.259 e. The predicted octanol–water partition coefficient (Wildman–Crippen LogP) is 3.34. The van der Waals surface area contributed by atoms with Gasteiger partial charge in [0.1, 0.15) is 11.5 Å². The molecule has 0 aromatic heterocycles. The highest BCUT2D eigenvalue weighted by molar-refractivity contribution is 9.10. The van der Waals surface area contributed by atoms with Crippen LogP contribution in [0.25, 0.3) is 0 Å². The third-order valence-electron chi connectivity index (χ3n) is 3.48. The van der Waals surface area contributed by atoms with Crippen molar-refractivity contribution in [2.45, 2.75) is 6.92 Å². The fourth-order valence-corrected chi connectivity index (χ4v) is 2.67. The van der Waals surface area contributed by atoms with Crippen LogP contribution in [0.4, 0.5) is 5.69 Å². The highest BCUT2D eigenvalue weighted by Crippen LogP contribution is 2.31. The average Bonchev–Trinajstić information content (AvgIpc) is 2.61. The molecule has 0 spiro atoms. The first-order valence-corrected chi connectivity index (χ1v) is 8.37. The molecular formula is C18H20BrN3O3. The number of halogens is 1. The van der Waals surface area contributed by atoms with Crippen LogP contribution < -0.4 is 20.2 Å². The van der Waals surface area contributed by atoms with Gasteiger partial charge in [0, 0.05) is 17.3 Å². The van der Waals surface area contributed by atoms with Crippen LogP contribution in [-0.4, -0.2) is 32.9 Å². The molecule has 25 heavy (non-hydrogen) atoms. The first-order valence-electron chi connectivity index (χ1n) is 7.58. The van der Waals surface area contributed by atoms with Gasteiger partial charge < -0.3 is 14.8 Å². The Hall–Kier alpha value is -2.54. The van der Waals surface area contributed by atoms with Crippen LogP contribution in [0.1, 0.15) is 11.1 Å². The minimum Gasteiger partial charge on any atom is -0.496 e. The lowest BCUT2D eigenvalue weighted by Gasteiger charge is -2.09. The Balaban J connectivity index is 1.95. The molecule has 0 aliphatic heterocycles. The van der Waals surface area contributed by atoms with E-state index in [4.69, 9.17) is 9.47 Å². The van der Waals surface area contributed by atoms with E-state index in [1.807, 2.05) is 31.2 Å². The minimum absolute atomic E-state index is 0.131. The highest BCUT2D eigenvalue weighted by atomic mass is 79.9. The van der Waals surface area contributed by atoms with Crippen molar-refractivity contribution in [3.05, 3.63) is 52.0 Å². The molecule has 0 unspecified atom stereocenters. The summed E-state index contributed by atoms with van der Waals surface area (Å²) in [6, 6.07) is 11.3. The number of ether oxygens (including phenoxy) is 2. The molecule has 0 fully saturated rings. The second-order valence-electron chi connectivity index (χ2n) is 5.19. The summed E-state index contributed by atoms with van der Waals surface area (Å²) >= 11 is 3.41. The van der Waals surface area contributed by atoms with Gasteiger partial charge in [0.05, 0.1) is 31.5 Å². The number of anilines is 1. The second-order valence-corrected chi connectivity index (χ2v) is 6.04. The summed E-state index contributed by atoms with van der Waals surface area (Å²) in [5, 5.41) is 7.05. The van der Waals surface area contributed by atoms with Gasteiger partial charge >= 0.3 is 0 Å². The van der Waals surface area contributed by atoms with Crippen LogP contribution in [0.5, 0.6) is 11.5 Å². The van der Waals surface area contributed by atoms with Gasteiger partial charge in [-0.25, -0.2) is 5.43 Å². The minimum atomic E-state index is -0.244. The molecule has 132 valence electrons. The summed E-state index contributed by atoms with van der Waals surface area (Å²) in [5.41, 5.74) is 5.19. The Bertz CT molecular complexity index is 778. The fraction of sp³-hybridized carbons (Fsp3) is 0.222.